The molecule has 0 saturated carbocycles. The van der Waals surface area contributed by atoms with Crippen molar-refractivity contribution in [1.82, 2.24) is 10.2 Å². The molecule has 0 aliphatic carbocycles. The molecule has 0 aromatic rings. The van der Waals surface area contributed by atoms with Crippen LogP contribution in [0.5, 0.6) is 0 Å². The predicted molar refractivity (Wildman–Crippen MR) is 51.2 cm³/mol. The van der Waals surface area contributed by atoms with Crippen LogP contribution in [-0.4, -0.2) is 49.3 Å². The lowest BCUT2D eigenvalue weighted by Crippen LogP contribution is -2.43. The van der Waals surface area contributed by atoms with E-state index in [-0.39, 0.29) is 6.04 Å². The molecule has 1 saturated heterocycles. The number of halogens is 3. The number of hydrogen-bond acceptors (Lipinski definition) is 4. The van der Waals surface area contributed by atoms with Gasteiger partial charge in [-0.3, -0.25) is 0 Å². The van der Waals surface area contributed by atoms with Crippen LogP contribution >= 0.6 is 0 Å². The first-order chi connectivity index (χ1) is 7.86. The number of carbonyl (C=O) groups excluding carboxylic acids is 2. The summed E-state index contributed by atoms with van der Waals surface area (Å²) in [6, 6.07) is -0.228. The van der Waals surface area contributed by atoms with Crippen molar-refractivity contribution in [3.8, 4) is 0 Å². The number of amides is 1. The fraction of sp³-hybridized carbons (Fsp3) is 0.778. The van der Waals surface area contributed by atoms with Gasteiger partial charge in [-0.05, 0) is 19.9 Å². The fourth-order valence-electron chi connectivity index (χ4n) is 1.72. The van der Waals surface area contributed by atoms with Gasteiger partial charge in [0.15, 0.2) is 0 Å². The van der Waals surface area contributed by atoms with Gasteiger partial charge in [-0.25, -0.2) is 9.59 Å². The first kappa shape index (κ1) is 13.8. The third-order valence-electron chi connectivity index (χ3n) is 2.46. The molecule has 0 spiro atoms. The molecule has 1 heterocycles. The van der Waals surface area contributed by atoms with Crippen LogP contribution < -0.4 is 5.32 Å². The molecular formula is C9H13F3N2O3. The SMILES string of the molecule is CNC[C@@H]1CCCN1C(=O)OC(=O)C(F)(F)F. The van der Waals surface area contributed by atoms with Gasteiger partial charge >= 0.3 is 18.2 Å². The minimum Gasteiger partial charge on any atom is -0.369 e. The molecule has 1 fully saturated rings. The Bertz CT molecular complexity index is 306. The van der Waals surface area contributed by atoms with Crippen molar-refractivity contribution in [3.63, 3.8) is 0 Å². The van der Waals surface area contributed by atoms with E-state index >= 15 is 0 Å². The molecule has 0 aromatic heterocycles. The smallest absolute Gasteiger partial charge is 0.369 e. The Morgan fingerprint density at radius 1 is 1.47 bits per heavy atom. The summed E-state index contributed by atoms with van der Waals surface area (Å²) < 4.78 is 39.4. The van der Waals surface area contributed by atoms with E-state index in [0.29, 0.717) is 25.9 Å². The van der Waals surface area contributed by atoms with Crippen LogP contribution in [0.15, 0.2) is 0 Å². The Morgan fingerprint density at radius 3 is 2.65 bits per heavy atom. The summed E-state index contributed by atoms with van der Waals surface area (Å²) in [7, 11) is 1.67. The molecule has 1 atom stereocenters. The standard InChI is InChI=1S/C9H13F3N2O3/c1-13-5-6-3-2-4-14(6)8(16)17-7(15)9(10,11)12/h6,13H,2-5H2,1H3/t6-/m0/s1. The van der Waals surface area contributed by atoms with Gasteiger partial charge in [0.05, 0.1) is 0 Å². The number of nitrogens with zero attached hydrogens (tertiary/aromatic N) is 1. The summed E-state index contributed by atoms with van der Waals surface area (Å²) in [5, 5.41) is 2.82. The summed E-state index contributed by atoms with van der Waals surface area (Å²) in [4.78, 5) is 23.0. The quantitative estimate of drug-likeness (QED) is 0.587. The maximum absolute atomic E-state index is 11.9. The largest absolute Gasteiger partial charge is 0.491 e. The zero-order valence-corrected chi connectivity index (χ0v) is 9.21. The summed E-state index contributed by atoms with van der Waals surface area (Å²) in [5.41, 5.74) is 0. The van der Waals surface area contributed by atoms with E-state index in [1.54, 1.807) is 7.05 Å². The highest BCUT2D eigenvalue weighted by atomic mass is 19.4. The second-order valence-electron chi connectivity index (χ2n) is 3.70. The Hall–Kier alpha value is -1.31. The van der Waals surface area contributed by atoms with Gasteiger partial charge in [0.2, 0.25) is 0 Å². The molecule has 1 N–H and O–H groups in total. The molecule has 17 heavy (non-hydrogen) atoms. The van der Waals surface area contributed by atoms with Gasteiger partial charge in [0.1, 0.15) is 0 Å². The minimum atomic E-state index is -5.14. The number of esters is 1. The lowest BCUT2D eigenvalue weighted by molar-refractivity contribution is -0.193. The lowest BCUT2D eigenvalue weighted by Gasteiger charge is -2.23. The molecule has 0 bridgehead atoms. The topological polar surface area (TPSA) is 58.6 Å². The van der Waals surface area contributed by atoms with Crippen LogP contribution in [-0.2, 0) is 9.53 Å². The van der Waals surface area contributed by atoms with Crippen LogP contribution in [0.2, 0.25) is 0 Å². The van der Waals surface area contributed by atoms with Gasteiger partial charge < -0.3 is 15.0 Å². The molecular weight excluding hydrogens is 241 g/mol. The maximum Gasteiger partial charge on any atom is 0.491 e. The van der Waals surface area contributed by atoms with Gasteiger partial charge in [-0.1, -0.05) is 0 Å². The van der Waals surface area contributed by atoms with E-state index in [4.69, 9.17) is 0 Å². The zero-order chi connectivity index (χ0) is 13.1. The van der Waals surface area contributed by atoms with Crippen LogP contribution in [0.4, 0.5) is 18.0 Å². The molecule has 0 radical (unpaired) electrons. The second-order valence-corrected chi connectivity index (χ2v) is 3.70. The Balaban J connectivity index is 2.55. The number of likely N-dealkylation sites (N-methyl/N-ethyl adjacent to an activating group) is 1. The average molecular weight is 254 g/mol. The first-order valence-corrected chi connectivity index (χ1v) is 5.10. The van der Waals surface area contributed by atoms with E-state index < -0.39 is 18.2 Å². The lowest BCUT2D eigenvalue weighted by atomic mass is 10.2. The molecule has 0 unspecified atom stereocenters. The first-order valence-electron chi connectivity index (χ1n) is 5.10. The highest BCUT2D eigenvalue weighted by molar-refractivity contribution is 5.87. The number of alkyl halides is 3. The highest BCUT2D eigenvalue weighted by Gasteiger charge is 2.44. The molecule has 1 aliphatic heterocycles. The van der Waals surface area contributed by atoms with Gasteiger partial charge in [-0.2, -0.15) is 13.2 Å². The van der Waals surface area contributed by atoms with E-state index in [9.17, 15) is 22.8 Å². The van der Waals surface area contributed by atoms with Gasteiger partial charge in [0, 0.05) is 19.1 Å². The van der Waals surface area contributed by atoms with Crippen LogP contribution in [0.1, 0.15) is 12.8 Å². The van der Waals surface area contributed by atoms with Crippen LogP contribution in [0, 0.1) is 0 Å². The van der Waals surface area contributed by atoms with Crippen molar-refractivity contribution in [2.24, 2.45) is 0 Å². The Morgan fingerprint density at radius 2 is 2.12 bits per heavy atom. The van der Waals surface area contributed by atoms with Gasteiger partial charge in [0.25, 0.3) is 0 Å². The Kier molecular flexibility index (Phi) is 4.33. The molecule has 1 amide bonds. The van der Waals surface area contributed by atoms with E-state index in [2.05, 4.69) is 10.1 Å². The zero-order valence-electron chi connectivity index (χ0n) is 9.21. The summed E-state index contributed by atoms with van der Waals surface area (Å²) in [5.74, 6) is -2.47. The van der Waals surface area contributed by atoms with Crippen molar-refractivity contribution < 1.29 is 27.5 Å². The minimum absolute atomic E-state index is 0.228. The van der Waals surface area contributed by atoms with Gasteiger partial charge in [-0.15, -0.1) is 0 Å². The number of hydrogen-bond donors (Lipinski definition) is 1. The molecule has 5 nitrogen and oxygen atoms in total. The average Bonchev–Trinajstić information content (AvgIpc) is 2.65. The summed E-state index contributed by atoms with van der Waals surface area (Å²) in [6.45, 7) is 0.756. The fourth-order valence-corrected chi connectivity index (χ4v) is 1.72. The van der Waals surface area contributed by atoms with Crippen LogP contribution in [0.25, 0.3) is 0 Å². The van der Waals surface area contributed by atoms with Crippen molar-refractivity contribution in [1.29, 1.82) is 0 Å². The van der Waals surface area contributed by atoms with Crippen molar-refractivity contribution >= 4 is 12.1 Å². The van der Waals surface area contributed by atoms with Crippen molar-refractivity contribution in [2.75, 3.05) is 20.1 Å². The summed E-state index contributed by atoms with van der Waals surface area (Å²) >= 11 is 0. The highest BCUT2D eigenvalue weighted by Crippen LogP contribution is 2.21. The molecule has 8 heteroatoms. The van der Waals surface area contributed by atoms with Crippen molar-refractivity contribution in [2.45, 2.75) is 25.1 Å². The maximum atomic E-state index is 11.9. The predicted octanol–water partition coefficient (Wildman–Crippen LogP) is 0.896. The molecule has 1 rings (SSSR count). The monoisotopic (exact) mass is 254 g/mol. The molecule has 98 valence electrons. The number of likely N-dealkylation sites (tertiary alicyclic amines) is 1. The van der Waals surface area contributed by atoms with Crippen molar-refractivity contribution in [3.05, 3.63) is 0 Å². The number of carbonyl (C=O) groups is 2. The van der Waals surface area contributed by atoms with Crippen LogP contribution in [0.3, 0.4) is 0 Å². The number of ether oxygens (including phenoxy) is 1. The molecule has 0 aromatic carbocycles. The summed E-state index contributed by atoms with van der Waals surface area (Å²) in [6.07, 6.45) is -5.02. The van der Waals surface area contributed by atoms with E-state index in [1.807, 2.05) is 0 Å². The Labute approximate surface area is 95.9 Å². The normalized spacial score (nSPS) is 20.5. The van der Waals surface area contributed by atoms with E-state index in [1.165, 1.54) is 0 Å². The third-order valence-corrected chi connectivity index (χ3v) is 2.46. The molecule has 1 aliphatic rings. The number of rotatable bonds is 2. The second kappa shape index (κ2) is 5.35. The third kappa shape index (κ3) is 3.58. The number of nitrogens with one attached hydrogen (secondary N) is 1. The van der Waals surface area contributed by atoms with E-state index in [0.717, 1.165) is 4.90 Å².